The lowest BCUT2D eigenvalue weighted by Gasteiger charge is -1.93. The second-order valence-corrected chi connectivity index (χ2v) is 1.60. The van der Waals surface area contributed by atoms with Crippen LogP contribution in [0.25, 0.3) is 0 Å². The van der Waals surface area contributed by atoms with Crippen molar-refractivity contribution in [3.05, 3.63) is 0 Å². The predicted molar refractivity (Wildman–Crippen MR) is 28.0 cm³/mol. The molecule has 0 aromatic rings. The van der Waals surface area contributed by atoms with Crippen LogP contribution in [0.3, 0.4) is 0 Å². The highest BCUT2D eigenvalue weighted by Gasteiger charge is 2.19. The topological polar surface area (TPSA) is 74.6 Å². The molecule has 0 rings (SSSR count). The van der Waals surface area contributed by atoms with Crippen LogP contribution in [-0.2, 0) is 9.59 Å². The molecule has 0 aliphatic carbocycles. The maximum absolute atomic E-state index is 9.68. The first kappa shape index (κ1) is 7.29. The van der Waals surface area contributed by atoms with Crippen molar-refractivity contribution in [2.75, 3.05) is 0 Å². The van der Waals surface area contributed by atoms with Gasteiger partial charge in [-0.1, -0.05) is 0 Å². The van der Waals surface area contributed by atoms with Crippen molar-refractivity contribution < 1.29 is 19.8 Å². The Hall–Kier alpha value is -0.710. The Bertz CT molecular complexity index is 106. The molecule has 0 aromatic heterocycles. The number of hydrogen-bond donors (Lipinski definition) is 3. The average Bonchev–Trinajstić information content (AvgIpc) is 1.64. The summed E-state index contributed by atoms with van der Waals surface area (Å²) in [6, 6.07) is 0. The first-order valence-electron chi connectivity index (χ1n) is 1.69. The third-order valence-corrected chi connectivity index (χ3v) is 0.910. The molecule has 0 aliphatic heterocycles. The van der Waals surface area contributed by atoms with Gasteiger partial charge in [0, 0.05) is 0 Å². The third-order valence-electron chi connectivity index (χ3n) is 0.468. The van der Waals surface area contributed by atoms with Crippen LogP contribution in [0.15, 0.2) is 0 Å². The van der Waals surface area contributed by atoms with E-state index in [0.717, 1.165) is 0 Å². The van der Waals surface area contributed by atoms with Crippen molar-refractivity contribution in [2.24, 2.45) is 0 Å². The van der Waals surface area contributed by atoms with Crippen molar-refractivity contribution in [3.63, 3.8) is 0 Å². The molecular weight excluding hydrogens is 132 g/mol. The molecule has 0 aliphatic rings. The zero-order valence-corrected chi connectivity index (χ0v) is 4.63. The molecule has 4 nitrogen and oxygen atoms in total. The van der Waals surface area contributed by atoms with Gasteiger partial charge in [0.15, 0.2) is 5.25 Å². The Kier molecular flexibility index (Phi) is 2.33. The Labute approximate surface area is 50.5 Å². The van der Waals surface area contributed by atoms with Gasteiger partial charge in [-0.25, -0.2) is 0 Å². The van der Waals surface area contributed by atoms with Crippen molar-refractivity contribution in [1.82, 2.24) is 0 Å². The summed E-state index contributed by atoms with van der Waals surface area (Å²) in [6.45, 7) is 0. The van der Waals surface area contributed by atoms with Crippen LogP contribution in [0.5, 0.6) is 0 Å². The fourth-order valence-electron chi connectivity index (χ4n) is 0.106. The van der Waals surface area contributed by atoms with E-state index < -0.39 is 17.2 Å². The number of carbonyl (C=O) groups is 2. The summed E-state index contributed by atoms with van der Waals surface area (Å²) < 4.78 is 0. The first-order valence-corrected chi connectivity index (χ1v) is 2.21. The van der Waals surface area contributed by atoms with Crippen molar-refractivity contribution >= 4 is 24.6 Å². The van der Waals surface area contributed by atoms with Crippen LogP contribution >= 0.6 is 12.6 Å². The molecule has 0 aromatic carbocycles. The average molecular weight is 136 g/mol. The van der Waals surface area contributed by atoms with E-state index in [1.807, 2.05) is 0 Å². The second kappa shape index (κ2) is 2.56. The molecule has 2 N–H and O–H groups in total. The molecular formula is C3H4O4S. The van der Waals surface area contributed by atoms with Crippen molar-refractivity contribution in [1.29, 1.82) is 0 Å². The van der Waals surface area contributed by atoms with Gasteiger partial charge in [-0.2, -0.15) is 12.6 Å². The lowest BCUT2D eigenvalue weighted by molar-refractivity contribution is -0.146. The number of rotatable bonds is 2. The molecule has 0 fully saturated rings. The highest BCUT2D eigenvalue weighted by Crippen LogP contribution is 1.92. The minimum atomic E-state index is -1.60. The number of carboxylic acids is 2. The summed E-state index contributed by atoms with van der Waals surface area (Å²) in [6.07, 6.45) is 0. The van der Waals surface area contributed by atoms with Gasteiger partial charge < -0.3 is 10.2 Å². The molecule has 0 saturated carbocycles. The molecule has 0 heterocycles. The highest BCUT2D eigenvalue weighted by molar-refractivity contribution is 7.82. The van der Waals surface area contributed by atoms with Crippen molar-refractivity contribution in [2.45, 2.75) is 5.25 Å². The van der Waals surface area contributed by atoms with Gasteiger partial charge in [-0.3, -0.25) is 9.59 Å². The quantitative estimate of drug-likeness (QED) is 0.352. The highest BCUT2D eigenvalue weighted by atomic mass is 32.1. The van der Waals surface area contributed by atoms with E-state index in [4.69, 9.17) is 10.2 Å². The van der Waals surface area contributed by atoms with Crippen LogP contribution in [0.1, 0.15) is 0 Å². The predicted octanol–water partition coefficient (Wildman–Crippen LogP) is -0.546. The van der Waals surface area contributed by atoms with E-state index in [2.05, 4.69) is 12.6 Å². The van der Waals surface area contributed by atoms with E-state index in [-0.39, 0.29) is 0 Å². The molecule has 0 bridgehead atoms. The van der Waals surface area contributed by atoms with Gasteiger partial charge in [-0.05, 0) is 0 Å². The Morgan fingerprint density at radius 1 is 1.25 bits per heavy atom. The lowest BCUT2D eigenvalue weighted by Crippen LogP contribution is -2.23. The van der Waals surface area contributed by atoms with Gasteiger partial charge in [0.2, 0.25) is 0 Å². The van der Waals surface area contributed by atoms with Gasteiger partial charge in [0.25, 0.3) is 0 Å². The molecule has 0 atom stereocenters. The smallest absolute Gasteiger partial charge is 0.327 e. The monoisotopic (exact) mass is 136 g/mol. The Balaban J connectivity index is 3.83. The van der Waals surface area contributed by atoms with E-state index in [0.29, 0.717) is 0 Å². The number of hydrogen-bond acceptors (Lipinski definition) is 3. The minimum absolute atomic E-state index is 1.44. The maximum atomic E-state index is 9.68. The van der Waals surface area contributed by atoms with Crippen LogP contribution in [-0.4, -0.2) is 27.4 Å². The van der Waals surface area contributed by atoms with Crippen molar-refractivity contribution in [3.8, 4) is 0 Å². The normalized spacial score (nSPS) is 9.25. The SMILES string of the molecule is O=C(O)C(S)C(=O)O. The molecule has 0 saturated heterocycles. The van der Waals surface area contributed by atoms with Crippen LogP contribution in [0.2, 0.25) is 0 Å². The van der Waals surface area contributed by atoms with E-state index in [1.54, 1.807) is 0 Å². The Morgan fingerprint density at radius 3 is 1.50 bits per heavy atom. The number of thiol groups is 1. The van der Waals surface area contributed by atoms with Gasteiger partial charge >= 0.3 is 11.9 Å². The van der Waals surface area contributed by atoms with Crippen LogP contribution < -0.4 is 0 Å². The molecule has 46 valence electrons. The lowest BCUT2D eigenvalue weighted by atomic mass is 10.4. The summed E-state index contributed by atoms with van der Waals surface area (Å²) in [4.78, 5) is 19.4. The zero-order valence-electron chi connectivity index (χ0n) is 3.74. The fourth-order valence-corrected chi connectivity index (χ4v) is 0.106. The fraction of sp³-hybridized carbons (Fsp3) is 0.333. The summed E-state index contributed by atoms with van der Waals surface area (Å²) in [5.74, 6) is -2.89. The van der Waals surface area contributed by atoms with Gasteiger partial charge in [-0.15, -0.1) is 0 Å². The maximum Gasteiger partial charge on any atom is 0.327 e. The van der Waals surface area contributed by atoms with Gasteiger partial charge in [0.05, 0.1) is 0 Å². The summed E-state index contributed by atoms with van der Waals surface area (Å²) in [7, 11) is 0. The third kappa shape index (κ3) is 1.83. The van der Waals surface area contributed by atoms with E-state index >= 15 is 0 Å². The molecule has 0 amide bonds. The van der Waals surface area contributed by atoms with Crippen LogP contribution in [0.4, 0.5) is 0 Å². The standard InChI is InChI=1S/C3H4O4S/c4-2(5)1(8)3(6)7/h1,8H,(H,4,5)(H,6,7). The first-order chi connectivity index (χ1) is 3.55. The summed E-state index contributed by atoms with van der Waals surface area (Å²) in [5, 5.41) is 14.2. The summed E-state index contributed by atoms with van der Waals surface area (Å²) in [5.41, 5.74) is 0. The number of aliphatic carboxylic acids is 2. The van der Waals surface area contributed by atoms with E-state index in [9.17, 15) is 9.59 Å². The summed E-state index contributed by atoms with van der Waals surface area (Å²) >= 11 is 3.22. The Morgan fingerprint density at radius 2 is 1.50 bits per heavy atom. The molecule has 0 spiro atoms. The minimum Gasteiger partial charge on any atom is -0.480 e. The molecule has 8 heavy (non-hydrogen) atoms. The second-order valence-electron chi connectivity index (χ2n) is 1.08. The van der Waals surface area contributed by atoms with E-state index in [1.165, 1.54) is 0 Å². The van der Waals surface area contributed by atoms with Gasteiger partial charge in [0.1, 0.15) is 0 Å². The molecule has 0 radical (unpaired) electrons. The number of carboxylic acid groups (broad SMARTS) is 2. The largest absolute Gasteiger partial charge is 0.480 e. The zero-order chi connectivity index (χ0) is 6.73. The molecule has 0 unspecified atom stereocenters. The molecule has 5 heteroatoms. The van der Waals surface area contributed by atoms with Crippen LogP contribution in [0, 0.1) is 0 Å².